The molecule has 1 saturated heterocycles. The number of nitrogens with zero attached hydrogens (tertiary/aromatic N) is 2. The molecular weight excluding hydrogens is 431 g/mol. The molecule has 5 aliphatic rings. The van der Waals surface area contributed by atoms with Crippen LogP contribution in [0.15, 0.2) is 42.6 Å². The van der Waals surface area contributed by atoms with Crippen molar-refractivity contribution in [1.29, 1.82) is 0 Å². The molecule has 7 rings (SSSR count). The lowest BCUT2D eigenvalue weighted by molar-refractivity contribution is -0.0702. The van der Waals surface area contributed by atoms with Gasteiger partial charge in [0.1, 0.15) is 12.5 Å². The Kier molecular flexibility index (Phi) is 6.34. The summed E-state index contributed by atoms with van der Waals surface area (Å²) < 4.78 is 11.7. The quantitative estimate of drug-likeness (QED) is 0.623. The minimum atomic E-state index is -0.514. The fourth-order valence-corrected chi connectivity index (χ4v) is 5.90. The third-order valence-corrected chi connectivity index (χ3v) is 8.31. The van der Waals surface area contributed by atoms with Gasteiger partial charge in [0.15, 0.2) is 0 Å². The molecule has 0 spiro atoms. The van der Waals surface area contributed by atoms with Crippen molar-refractivity contribution in [3.8, 4) is 11.1 Å². The number of halogens is 1. The molecule has 2 aromatic rings. The summed E-state index contributed by atoms with van der Waals surface area (Å²) >= 11 is 0. The van der Waals surface area contributed by atoms with Crippen LogP contribution in [0.3, 0.4) is 0 Å². The number of pyridine rings is 1. The molecular formula is C27H35FN4O2. The van der Waals surface area contributed by atoms with Gasteiger partial charge >= 0.3 is 0 Å². The number of hydrogen-bond acceptors (Lipinski definition) is 5. The number of nitrogens with two attached hydrogens (primary N) is 1. The lowest BCUT2D eigenvalue weighted by Gasteiger charge is -2.51. The van der Waals surface area contributed by atoms with Crippen LogP contribution in [0.25, 0.3) is 11.1 Å². The van der Waals surface area contributed by atoms with Crippen molar-refractivity contribution in [1.82, 2.24) is 15.2 Å². The highest BCUT2D eigenvalue weighted by molar-refractivity contribution is 5.99. The lowest BCUT2D eigenvalue weighted by Crippen LogP contribution is -2.58. The van der Waals surface area contributed by atoms with Gasteiger partial charge in [0.2, 0.25) is 0 Å². The maximum Gasteiger partial charge on any atom is 0.255 e. The number of nitrogen functional groups attached to an aromatic ring is 1. The first-order valence-electron chi connectivity index (χ1n) is 12.5. The molecule has 4 N–H and O–H groups in total. The van der Waals surface area contributed by atoms with Gasteiger partial charge in [-0.3, -0.25) is 4.79 Å². The fraction of sp³-hybridized carbons (Fsp3) is 0.556. The van der Waals surface area contributed by atoms with Gasteiger partial charge in [0.05, 0.1) is 11.2 Å². The van der Waals surface area contributed by atoms with Crippen LogP contribution in [0.1, 0.15) is 55.3 Å². The Hall–Kier alpha value is -2.51. The highest BCUT2D eigenvalue weighted by Gasteiger charge is 2.48. The molecule has 7 heteroatoms. The van der Waals surface area contributed by atoms with E-state index in [1.165, 1.54) is 19.5 Å². The summed E-state index contributed by atoms with van der Waals surface area (Å²) in [5, 5.41) is 13.6. The van der Waals surface area contributed by atoms with E-state index in [0.717, 1.165) is 61.5 Å². The molecule has 1 aromatic heterocycles. The molecule has 182 valence electrons. The van der Waals surface area contributed by atoms with Gasteiger partial charge in [-0.15, -0.1) is 0 Å². The Morgan fingerprint density at radius 2 is 1.74 bits per heavy atom. The van der Waals surface area contributed by atoms with Crippen LogP contribution in [-0.2, 0) is 0 Å². The lowest BCUT2D eigenvalue weighted by atomic mass is 9.63. The standard InChI is InChI=1S/C20H23N3O2.C7H12FN/c21-17-16(12-15(13-22-17)14-4-2-1-3-5-14)18(24)23-19-6-9-20(25,10-7-19)11-8-19;8-1-2-9-4-6-3-7(6)5-9/h1-5,12-13,25H,6-11H2,(H2,21,22)(H,23,24);6-7H,1-5H2. The number of benzene rings is 1. The number of carbonyl (C=O) groups is 1. The Balaban J connectivity index is 0.000000222. The summed E-state index contributed by atoms with van der Waals surface area (Å²) in [6, 6.07) is 11.6. The second-order valence-electron chi connectivity index (χ2n) is 10.7. The van der Waals surface area contributed by atoms with Gasteiger partial charge in [0, 0.05) is 36.9 Å². The molecule has 0 radical (unpaired) electrons. The number of likely N-dealkylation sites (tertiary alicyclic amines) is 1. The van der Waals surface area contributed by atoms with Gasteiger partial charge in [-0.25, -0.2) is 9.37 Å². The van der Waals surface area contributed by atoms with E-state index in [9.17, 15) is 14.3 Å². The van der Waals surface area contributed by atoms with E-state index in [4.69, 9.17) is 5.73 Å². The van der Waals surface area contributed by atoms with Crippen molar-refractivity contribution in [3.05, 3.63) is 48.2 Å². The average Bonchev–Trinajstić information content (AvgIpc) is 3.47. The Morgan fingerprint density at radius 3 is 2.35 bits per heavy atom. The predicted octanol–water partition coefficient (Wildman–Crippen LogP) is 3.81. The van der Waals surface area contributed by atoms with E-state index < -0.39 is 5.60 Å². The fourth-order valence-electron chi connectivity index (χ4n) is 5.90. The number of fused-ring (bicyclic) bond motifs is 4. The second kappa shape index (κ2) is 9.27. The van der Waals surface area contributed by atoms with Crippen LogP contribution >= 0.6 is 0 Å². The minimum Gasteiger partial charge on any atom is -0.390 e. The average molecular weight is 467 g/mol. The first-order chi connectivity index (χ1) is 16.4. The van der Waals surface area contributed by atoms with Crippen molar-refractivity contribution in [2.24, 2.45) is 11.8 Å². The first kappa shape index (κ1) is 23.2. The van der Waals surface area contributed by atoms with Crippen molar-refractivity contribution in [2.45, 2.75) is 56.1 Å². The number of alkyl halides is 1. The number of rotatable bonds is 5. The molecule has 4 saturated carbocycles. The number of hydrogen-bond donors (Lipinski definition) is 3. The zero-order chi connectivity index (χ0) is 23.8. The maximum absolute atomic E-state index is 12.9. The van der Waals surface area contributed by atoms with E-state index in [1.54, 1.807) is 6.20 Å². The highest BCUT2D eigenvalue weighted by atomic mass is 19.1. The summed E-state index contributed by atoms with van der Waals surface area (Å²) in [5.41, 5.74) is 7.55. The normalized spacial score (nSPS) is 31.4. The molecule has 1 aromatic carbocycles. The first-order valence-corrected chi connectivity index (χ1v) is 12.5. The molecule has 2 heterocycles. The Morgan fingerprint density at radius 1 is 1.09 bits per heavy atom. The van der Waals surface area contributed by atoms with Crippen LogP contribution in [0, 0.1) is 11.8 Å². The molecule has 4 aliphatic carbocycles. The van der Waals surface area contributed by atoms with E-state index in [2.05, 4.69) is 15.2 Å². The van der Waals surface area contributed by atoms with E-state index in [1.807, 2.05) is 36.4 Å². The number of piperidine rings is 1. The number of nitrogens with one attached hydrogen (secondary N) is 1. The predicted molar refractivity (Wildman–Crippen MR) is 131 cm³/mol. The van der Waals surface area contributed by atoms with Crippen LogP contribution in [0.4, 0.5) is 10.2 Å². The maximum atomic E-state index is 12.9. The number of aliphatic hydroxyl groups is 1. The summed E-state index contributed by atoms with van der Waals surface area (Å²) in [5.74, 6) is 1.99. The van der Waals surface area contributed by atoms with Crippen LogP contribution in [0.2, 0.25) is 0 Å². The van der Waals surface area contributed by atoms with Crippen LogP contribution in [-0.4, -0.2) is 58.3 Å². The zero-order valence-electron chi connectivity index (χ0n) is 19.7. The number of carbonyl (C=O) groups excluding carboxylic acids is 1. The smallest absolute Gasteiger partial charge is 0.255 e. The van der Waals surface area contributed by atoms with Gasteiger partial charge in [0.25, 0.3) is 5.91 Å². The van der Waals surface area contributed by atoms with E-state index >= 15 is 0 Å². The third-order valence-electron chi connectivity index (χ3n) is 8.31. The molecule has 6 nitrogen and oxygen atoms in total. The molecule has 1 aliphatic heterocycles. The van der Waals surface area contributed by atoms with E-state index in [0.29, 0.717) is 12.1 Å². The van der Waals surface area contributed by atoms with Gasteiger partial charge in [-0.1, -0.05) is 30.3 Å². The van der Waals surface area contributed by atoms with Crippen LogP contribution < -0.4 is 11.1 Å². The number of aromatic nitrogens is 1. The molecule has 1 amide bonds. The number of anilines is 1. The topological polar surface area (TPSA) is 91.5 Å². The summed E-state index contributed by atoms with van der Waals surface area (Å²) in [7, 11) is 0. The molecule has 2 atom stereocenters. The number of amides is 1. The SMILES string of the molecule is FCCN1CC2CC2C1.Nc1ncc(-c2ccccc2)cc1C(=O)NC12CCC(O)(CC1)CC2. The third kappa shape index (κ3) is 4.96. The van der Waals surface area contributed by atoms with Crippen molar-refractivity contribution >= 4 is 11.7 Å². The molecule has 2 bridgehead atoms. The van der Waals surface area contributed by atoms with Crippen molar-refractivity contribution in [2.75, 3.05) is 32.0 Å². The highest BCUT2D eigenvalue weighted by Crippen LogP contribution is 2.47. The Labute approximate surface area is 200 Å². The van der Waals surface area contributed by atoms with Crippen LogP contribution in [0.5, 0.6) is 0 Å². The monoisotopic (exact) mass is 466 g/mol. The van der Waals surface area contributed by atoms with Gasteiger partial charge in [-0.2, -0.15) is 0 Å². The summed E-state index contributed by atoms with van der Waals surface area (Å²) in [6.07, 6.45) is 7.84. The van der Waals surface area contributed by atoms with Crippen molar-refractivity contribution < 1.29 is 14.3 Å². The summed E-state index contributed by atoms with van der Waals surface area (Å²) in [4.78, 5) is 19.3. The minimum absolute atomic E-state index is 0.167. The van der Waals surface area contributed by atoms with Gasteiger partial charge in [-0.05, 0) is 68.4 Å². The zero-order valence-corrected chi connectivity index (χ0v) is 19.7. The molecule has 5 fully saturated rings. The van der Waals surface area contributed by atoms with Crippen molar-refractivity contribution in [3.63, 3.8) is 0 Å². The largest absolute Gasteiger partial charge is 0.390 e. The Bertz CT molecular complexity index is 996. The van der Waals surface area contributed by atoms with E-state index in [-0.39, 0.29) is 23.9 Å². The van der Waals surface area contributed by atoms with Gasteiger partial charge < -0.3 is 21.1 Å². The second-order valence-corrected chi connectivity index (χ2v) is 10.7. The molecule has 2 unspecified atom stereocenters. The summed E-state index contributed by atoms with van der Waals surface area (Å²) in [6.45, 7) is 2.86. The molecule has 34 heavy (non-hydrogen) atoms.